The van der Waals surface area contributed by atoms with E-state index in [-0.39, 0.29) is 0 Å². The molecule has 0 aromatic carbocycles. The zero-order chi connectivity index (χ0) is 15.8. The Kier molecular flexibility index (Phi) is 7.86. The molecule has 1 aromatic rings. The number of anilines is 2. The Labute approximate surface area is 134 Å². The SMILES string of the molecule is CCCNc1ncnc(N(C)C(CC)CSC)c1C(C)C. The van der Waals surface area contributed by atoms with Crippen molar-refractivity contribution in [2.75, 3.05) is 35.8 Å². The lowest BCUT2D eigenvalue weighted by atomic mass is 10.0. The van der Waals surface area contributed by atoms with E-state index in [1.54, 1.807) is 6.33 Å². The Morgan fingerprint density at radius 2 is 2.00 bits per heavy atom. The summed E-state index contributed by atoms with van der Waals surface area (Å²) in [4.78, 5) is 11.4. The van der Waals surface area contributed by atoms with Gasteiger partial charge < -0.3 is 10.2 Å². The predicted octanol–water partition coefficient (Wildman–Crippen LogP) is 4.00. The van der Waals surface area contributed by atoms with Crippen molar-refractivity contribution in [3.8, 4) is 0 Å². The van der Waals surface area contributed by atoms with Gasteiger partial charge in [-0.1, -0.05) is 27.7 Å². The van der Waals surface area contributed by atoms with Gasteiger partial charge in [-0.05, 0) is 25.0 Å². The first-order valence-corrected chi connectivity index (χ1v) is 9.26. The van der Waals surface area contributed by atoms with Crippen LogP contribution >= 0.6 is 11.8 Å². The molecule has 1 unspecified atom stereocenters. The number of nitrogens with one attached hydrogen (secondary N) is 1. The van der Waals surface area contributed by atoms with Gasteiger partial charge in [0.05, 0.1) is 0 Å². The molecule has 1 N–H and O–H groups in total. The third kappa shape index (κ3) is 4.77. The summed E-state index contributed by atoms with van der Waals surface area (Å²) in [6.45, 7) is 9.78. The Morgan fingerprint density at radius 1 is 1.29 bits per heavy atom. The third-order valence-corrected chi connectivity index (χ3v) is 4.41. The van der Waals surface area contributed by atoms with Crippen LogP contribution in [0, 0.1) is 0 Å². The van der Waals surface area contributed by atoms with Crippen molar-refractivity contribution in [1.29, 1.82) is 0 Å². The van der Waals surface area contributed by atoms with Crippen LogP contribution in [0.15, 0.2) is 6.33 Å². The largest absolute Gasteiger partial charge is 0.370 e. The summed E-state index contributed by atoms with van der Waals surface area (Å²) >= 11 is 1.89. The zero-order valence-corrected chi connectivity index (χ0v) is 15.1. The second-order valence-electron chi connectivity index (χ2n) is 5.67. The molecule has 1 rings (SSSR count). The molecular weight excluding hydrogens is 280 g/mol. The van der Waals surface area contributed by atoms with Crippen molar-refractivity contribution in [2.24, 2.45) is 0 Å². The molecule has 0 bridgehead atoms. The van der Waals surface area contributed by atoms with Crippen molar-refractivity contribution < 1.29 is 0 Å². The van der Waals surface area contributed by atoms with E-state index in [2.05, 4.69) is 61.2 Å². The first kappa shape index (κ1) is 18.1. The molecule has 21 heavy (non-hydrogen) atoms. The molecule has 1 heterocycles. The second-order valence-corrected chi connectivity index (χ2v) is 6.58. The minimum Gasteiger partial charge on any atom is -0.370 e. The maximum absolute atomic E-state index is 4.59. The topological polar surface area (TPSA) is 41.1 Å². The Morgan fingerprint density at radius 3 is 2.52 bits per heavy atom. The van der Waals surface area contributed by atoms with Crippen LogP contribution in [0.2, 0.25) is 0 Å². The van der Waals surface area contributed by atoms with Crippen LogP contribution in [0.4, 0.5) is 11.6 Å². The summed E-state index contributed by atoms with van der Waals surface area (Å²) in [7, 11) is 2.15. The maximum Gasteiger partial charge on any atom is 0.137 e. The number of hydrogen-bond acceptors (Lipinski definition) is 5. The van der Waals surface area contributed by atoms with E-state index >= 15 is 0 Å². The minimum absolute atomic E-state index is 0.398. The van der Waals surface area contributed by atoms with E-state index in [0.29, 0.717) is 12.0 Å². The lowest BCUT2D eigenvalue weighted by molar-refractivity contribution is 0.657. The van der Waals surface area contributed by atoms with Crippen LogP contribution in [0.25, 0.3) is 0 Å². The highest BCUT2D eigenvalue weighted by molar-refractivity contribution is 7.98. The summed E-state index contributed by atoms with van der Waals surface area (Å²) in [6.07, 6.45) is 6.06. The van der Waals surface area contributed by atoms with Gasteiger partial charge in [0.25, 0.3) is 0 Å². The monoisotopic (exact) mass is 310 g/mol. The summed E-state index contributed by atoms with van der Waals surface area (Å²) in [5, 5.41) is 3.45. The molecule has 1 atom stereocenters. The number of aromatic nitrogens is 2. The lowest BCUT2D eigenvalue weighted by Gasteiger charge is -2.31. The van der Waals surface area contributed by atoms with Crippen LogP contribution in [0.1, 0.15) is 52.0 Å². The predicted molar refractivity (Wildman–Crippen MR) is 95.8 cm³/mol. The van der Waals surface area contributed by atoms with E-state index in [4.69, 9.17) is 0 Å². The Bertz CT molecular complexity index is 423. The van der Waals surface area contributed by atoms with Crippen molar-refractivity contribution in [1.82, 2.24) is 9.97 Å². The van der Waals surface area contributed by atoms with Crippen LogP contribution in [0.5, 0.6) is 0 Å². The van der Waals surface area contributed by atoms with E-state index in [1.165, 1.54) is 5.56 Å². The molecule has 5 heteroatoms. The van der Waals surface area contributed by atoms with Crippen LogP contribution < -0.4 is 10.2 Å². The fourth-order valence-electron chi connectivity index (χ4n) is 2.45. The first-order valence-electron chi connectivity index (χ1n) is 7.87. The highest BCUT2D eigenvalue weighted by Gasteiger charge is 2.21. The number of rotatable bonds is 9. The van der Waals surface area contributed by atoms with Crippen LogP contribution in [0.3, 0.4) is 0 Å². The number of hydrogen-bond donors (Lipinski definition) is 1. The average Bonchev–Trinajstić information content (AvgIpc) is 2.49. The molecule has 0 saturated carbocycles. The van der Waals surface area contributed by atoms with E-state index < -0.39 is 0 Å². The lowest BCUT2D eigenvalue weighted by Crippen LogP contribution is -2.35. The average molecular weight is 311 g/mol. The minimum atomic E-state index is 0.398. The van der Waals surface area contributed by atoms with Crippen molar-refractivity contribution >= 4 is 23.4 Å². The van der Waals surface area contributed by atoms with E-state index in [9.17, 15) is 0 Å². The molecule has 0 aliphatic carbocycles. The van der Waals surface area contributed by atoms with Gasteiger partial charge in [-0.3, -0.25) is 0 Å². The number of nitrogens with zero attached hydrogens (tertiary/aromatic N) is 3. The molecule has 0 aliphatic heterocycles. The Balaban J connectivity index is 3.15. The highest BCUT2D eigenvalue weighted by atomic mass is 32.2. The van der Waals surface area contributed by atoms with Gasteiger partial charge >= 0.3 is 0 Å². The van der Waals surface area contributed by atoms with Crippen LogP contribution in [-0.2, 0) is 0 Å². The molecule has 120 valence electrons. The van der Waals surface area contributed by atoms with Crippen LogP contribution in [-0.4, -0.2) is 41.6 Å². The van der Waals surface area contributed by atoms with Gasteiger partial charge in [0.15, 0.2) is 0 Å². The molecular formula is C16H30N4S. The first-order chi connectivity index (χ1) is 10.1. The van der Waals surface area contributed by atoms with Gasteiger partial charge in [0, 0.05) is 31.0 Å². The fraction of sp³-hybridized carbons (Fsp3) is 0.750. The van der Waals surface area contributed by atoms with Gasteiger partial charge in [-0.15, -0.1) is 0 Å². The molecule has 4 nitrogen and oxygen atoms in total. The normalized spacial score (nSPS) is 12.5. The quantitative estimate of drug-likeness (QED) is 0.746. The van der Waals surface area contributed by atoms with Gasteiger partial charge in [0.2, 0.25) is 0 Å². The van der Waals surface area contributed by atoms with E-state index in [0.717, 1.165) is 36.8 Å². The second kappa shape index (κ2) is 9.13. The van der Waals surface area contributed by atoms with Crippen molar-refractivity contribution in [3.05, 3.63) is 11.9 Å². The standard InChI is InChI=1S/C16H30N4S/c1-7-9-17-15-14(12(3)4)16(19-11-18-15)20(5)13(8-2)10-21-6/h11-13H,7-10H2,1-6H3,(H,17,18,19). The van der Waals surface area contributed by atoms with E-state index in [1.807, 2.05) is 11.8 Å². The summed E-state index contributed by atoms with van der Waals surface area (Å²) in [6, 6.07) is 0.506. The molecule has 0 aliphatic rings. The number of thioether (sulfide) groups is 1. The summed E-state index contributed by atoms with van der Waals surface area (Å²) < 4.78 is 0. The van der Waals surface area contributed by atoms with Gasteiger partial charge in [-0.2, -0.15) is 11.8 Å². The molecule has 0 spiro atoms. The molecule has 0 amide bonds. The molecule has 0 fully saturated rings. The molecule has 0 radical (unpaired) electrons. The van der Waals surface area contributed by atoms with Gasteiger partial charge in [0.1, 0.15) is 18.0 Å². The third-order valence-electron chi connectivity index (χ3n) is 3.69. The highest BCUT2D eigenvalue weighted by Crippen LogP contribution is 2.31. The van der Waals surface area contributed by atoms with Crippen molar-refractivity contribution in [2.45, 2.75) is 52.5 Å². The van der Waals surface area contributed by atoms with Gasteiger partial charge in [-0.25, -0.2) is 9.97 Å². The van der Waals surface area contributed by atoms with Crippen molar-refractivity contribution in [3.63, 3.8) is 0 Å². The molecule has 1 aromatic heterocycles. The summed E-state index contributed by atoms with van der Waals surface area (Å²) in [5.74, 6) is 3.57. The fourth-order valence-corrected chi connectivity index (χ4v) is 3.30. The smallest absolute Gasteiger partial charge is 0.137 e. The summed E-state index contributed by atoms with van der Waals surface area (Å²) in [5.41, 5.74) is 1.23. The Hall–Kier alpha value is -0.970. The maximum atomic E-state index is 4.59. The zero-order valence-electron chi connectivity index (χ0n) is 14.3. The molecule has 0 saturated heterocycles.